The van der Waals surface area contributed by atoms with Crippen LogP contribution in [0.5, 0.6) is 0 Å². The zero-order chi connectivity index (χ0) is 13.1. The molecular weight excluding hydrogens is 228 g/mol. The minimum Gasteiger partial charge on any atom is -0.409 e. The number of aryl methyl sites for hydroxylation is 1. The van der Waals surface area contributed by atoms with Crippen molar-refractivity contribution in [3.05, 3.63) is 29.3 Å². The second-order valence-electron chi connectivity index (χ2n) is 4.80. The Morgan fingerprint density at radius 3 is 2.56 bits per heavy atom. The third-order valence-corrected chi connectivity index (χ3v) is 3.38. The molecule has 1 heterocycles. The van der Waals surface area contributed by atoms with Gasteiger partial charge in [-0.3, -0.25) is 0 Å². The van der Waals surface area contributed by atoms with E-state index in [0.717, 1.165) is 37.4 Å². The molecule has 0 bridgehead atoms. The number of hydrogen-bond acceptors (Lipinski definition) is 4. The van der Waals surface area contributed by atoms with E-state index in [-0.39, 0.29) is 5.84 Å². The van der Waals surface area contributed by atoms with Gasteiger partial charge in [0.2, 0.25) is 0 Å². The Hall–Kier alpha value is -1.75. The lowest BCUT2D eigenvalue weighted by atomic mass is 10.1. The molecule has 98 valence electrons. The highest BCUT2D eigenvalue weighted by Crippen LogP contribution is 2.23. The van der Waals surface area contributed by atoms with Crippen molar-refractivity contribution in [3.63, 3.8) is 0 Å². The molecule has 0 radical (unpaired) electrons. The molecule has 0 atom stereocenters. The number of nitrogens with two attached hydrogens (primary N) is 1. The van der Waals surface area contributed by atoms with E-state index in [4.69, 9.17) is 10.9 Å². The third-order valence-electron chi connectivity index (χ3n) is 3.38. The first-order chi connectivity index (χ1) is 8.61. The van der Waals surface area contributed by atoms with Gasteiger partial charge >= 0.3 is 0 Å². The van der Waals surface area contributed by atoms with Gasteiger partial charge < -0.3 is 20.7 Å². The molecule has 1 aromatic carbocycles. The number of anilines is 1. The van der Waals surface area contributed by atoms with E-state index < -0.39 is 0 Å². The molecule has 3 N–H and O–H groups in total. The van der Waals surface area contributed by atoms with E-state index in [1.54, 1.807) is 0 Å². The highest BCUT2D eigenvalue weighted by Gasteiger charge is 2.18. The van der Waals surface area contributed by atoms with Gasteiger partial charge in [0.15, 0.2) is 5.84 Å². The fourth-order valence-corrected chi connectivity index (χ4v) is 2.22. The summed E-state index contributed by atoms with van der Waals surface area (Å²) >= 11 is 0. The Bertz CT molecular complexity index is 450. The lowest BCUT2D eigenvalue weighted by molar-refractivity contribution is 0.312. The second-order valence-corrected chi connectivity index (χ2v) is 4.80. The van der Waals surface area contributed by atoms with Crippen LogP contribution in [0.15, 0.2) is 23.4 Å². The third kappa shape index (κ3) is 2.56. The van der Waals surface area contributed by atoms with E-state index in [0.29, 0.717) is 0 Å². The topological polar surface area (TPSA) is 65.1 Å². The number of hydrogen-bond donors (Lipinski definition) is 2. The van der Waals surface area contributed by atoms with E-state index in [9.17, 15) is 0 Å². The zero-order valence-corrected chi connectivity index (χ0v) is 10.9. The Kier molecular flexibility index (Phi) is 3.72. The molecular formula is C13H20N4O. The average Bonchev–Trinajstić information content (AvgIpc) is 2.38. The Labute approximate surface area is 107 Å². The summed E-state index contributed by atoms with van der Waals surface area (Å²) in [7, 11) is 2.12. The standard InChI is InChI=1S/C13H20N4O/c1-10-3-4-11(13(14)15-18)12(9-10)17-7-5-16(2)6-8-17/h3-4,9,18H,5-8H2,1-2H3,(H2,14,15). The van der Waals surface area contributed by atoms with Crippen molar-refractivity contribution in [2.75, 3.05) is 38.1 Å². The number of nitrogens with zero attached hydrogens (tertiary/aromatic N) is 3. The van der Waals surface area contributed by atoms with Crippen LogP contribution in [0.1, 0.15) is 11.1 Å². The summed E-state index contributed by atoms with van der Waals surface area (Å²) in [5, 5.41) is 12.0. The monoisotopic (exact) mass is 248 g/mol. The van der Waals surface area contributed by atoms with Crippen LogP contribution < -0.4 is 10.6 Å². The first kappa shape index (κ1) is 12.7. The molecule has 0 amide bonds. The van der Waals surface area contributed by atoms with Gasteiger partial charge in [-0.15, -0.1) is 0 Å². The minimum atomic E-state index is 0.170. The molecule has 0 aromatic heterocycles. The van der Waals surface area contributed by atoms with Crippen LogP contribution in [-0.4, -0.2) is 49.2 Å². The highest BCUT2D eigenvalue weighted by atomic mass is 16.4. The largest absolute Gasteiger partial charge is 0.409 e. The van der Waals surface area contributed by atoms with Crippen molar-refractivity contribution < 1.29 is 5.21 Å². The normalized spacial score (nSPS) is 18.1. The van der Waals surface area contributed by atoms with Crippen LogP contribution in [0.2, 0.25) is 0 Å². The van der Waals surface area contributed by atoms with Crippen molar-refractivity contribution in [2.24, 2.45) is 10.9 Å². The minimum absolute atomic E-state index is 0.170. The second kappa shape index (κ2) is 5.27. The van der Waals surface area contributed by atoms with Gasteiger partial charge in [0, 0.05) is 37.4 Å². The maximum Gasteiger partial charge on any atom is 0.172 e. The predicted octanol–water partition coefficient (Wildman–Crippen LogP) is 0.841. The highest BCUT2D eigenvalue weighted by molar-refractivity contribution is 6.02. The fourth-order valence-electron chi connectivity index (χ4n) is 2.22. The van der Waals surface area contributed by atoms with E-state index in [1.165, 1.54) is 5.56 Å². The molecule has 1 aliphatic heterocycles. The van der Waals surface area contributed by atoms with Crippen molar-refractivity contribution >= 4 is 11.5 Å². The smallest absolute Gasteiger partial charge is 0.172 e. The summed E-state index contributed by atoms with van der Waals surface area (Å²) in [5.41, 5.74) is 8.77. The molecule has 5 heteroatoms. The summed E-state index contributed by atoms with van der Waals surface area (Å²) in [4.78, 5) is 4.59. The average molecular weight is 248 g/mol. The van der Waals surface area contributed by atoms with Crippen LogP contribution in [0.4, 0.5) is 5.69 Å². The van der Waals surface area contributed by atoms with E-state index in [2.05, 4.69) is 35.0 Å². The van der Waals surface area contributed by atoms with Crippen molar-refractivity contribution in [2.45, 2.75) is 6.92 Å². The Balaban J connectivity index is 2.33. The molecule has 2 rings (SSSR count). The van der Waals surface area contributed by atoms with Gasteiger partial charge in [0.1, 0.15) is 0 Å². The van der Waals surface area contributed by atoms with Crippen molar-refractivity contribution in [3.8, 4) is 0 Å². The van der Waals surface area contributed by atoms with Crippen LogP contribution in [0, 0.1) is 6.92 Å². The molecule has 1 aliphatic rings. The van der Waals surface area contributed by atoms with Gasteiger partial charge in [0.25, 0.3) is 0 Å². The quantitative estimate of drug-likeness (QED) is 0.352. The zero-order valence-electron chi connectivity index (χ0n) is 10.9. The summed E-state index contributed by atoms with van der Waals surface area (Å²) in [6, 6.07) is 5.99. The number of piperazine rings is 1. The maximum absolute atomic E-state index is 8.86. The van der Waals surface area contributed by atoms with Gasteiger partial charge in [-0.05, 0) is 31.7 Å². The number of amidine groups is 1. The Morgan fingerprint density at radius 2 is 1.94 bits per heavy atom. The molecule has 1 saturated heterocycles. The van der Waals surface area contributed by atoms with E-state index in [1.807, 2.05) is 12.1 Å². The van der Waals surface area contributed by atoms with Crippen LogP contribution in [0.25, 0.3) is 0 Å². The Morgan fingerprint density at radius 1 is 1.28 bits per heavy atom. The molecule has 0 unspecified atom stereocenters. The first-order valence-corrected chi connectivity index (χ1v) is 6.14. The van der Waals surface area contributed by atoms with E-state index >= 15 is 0 Å². The van der Waals surface area contributed by atoms with Crippen LogP contribution in [0.3, 0.4) is 0 Å². The van der Waals surface area contributed by atoms with Gasteiger partial charge in [0.05, 0.1) is 0 Å². The summed E-state index contributed by atoms with van der Waals surface area (Å²) in [6.07, 6.45) is 0. The molecule has 5 nitrogen and oxygen atoms in total. The molecule has 18 heavy (non-hydrogen) atoms. The van der Waals surface area contributed by atoms with Gasteiger partial charge in [-0.2, -0.15) is 0 Å². The summed E-state index contributed by atoms with van der Waals surface area (Å²) in [5.74, 6) is 0.170. The number of rotatable bonds is 2. The molecule has 0 saturated carbocycles. The number of likely N-dealkylation sites (N-methyl/N-ethyl adjacent to an activating group) is 1. The van der Waals surface area contributed by atoms with Gasteiger partial charge in [-0.25, -0.2) is 0 Å². The SMILES string of the molecule is Cc1ccc(C(N)=NO)c(N2CCN(C)CC2)c1. The lowest BCUT2D eigenvalue weighted by Gasteiger charge is -2.35. The predicted molar refractivity (Wildman–Crippen MR) is 73.4 cm³/mol. The van der Waals surface area contributed by atoms with Crippen LogP contribution >= 0.6 is 0 Å². The lowest BCUT2D eigenvalue weighted by Crippen LogP contribution is -2.45. The number of oxime groups is 1. The molecule has 0 spiro atoms. The summed E-state index contributed by atoms with van der Waals surface area (Å²) < 4.78 is 0. The molecule has 1 aromatic rings. The maximum atomic E-state index is 8.86. The van der Waals surface area contributed by atoms with Crippen molar-refractivity contribution in [1.82, 2.24) is 4.90 Å². The van der Waals surface area contributed by atoms with Crippen molar-refractivity contribution in [1.29, 1.82) is 0 Å². The molecule has 0 aliphatic carbocycles. The summed E-state index contributed by atoms with van der Waals surface area (Å²) in [6.45, 7) is 6.04. The fraction of sp³-hybridized carbons (Fsp3) is 0.462. The number of benzene rings is 1. The first-order valence-electron chi connectivity index (χ1n) is 6.14. The van der Waals surface area contributed by atoms with Gasteiger partial charge in [-0.1, -0.05) is 11.2 Å². The van der Waals surface area contributed by atoms with Crippen LogP contribution in [-0.2, 0) is 0 Å². The molecule has 1 fully saturated rings.